The first-order valence-electron chi connectivity index (χ1n) is 5.79. The predicted molar refractivity (Wildman–Crippen MR) is 76.6 cm³/mol. The van der Waals surface area contributed by atoms with E-state index in [4.69, 9.17) is 15.2 Å². The summed E-state index contributed by atoms with van der Waals surface area (Å²) in [7, 11) is 1.45. The Morgan fingerprint density at radius 1 is 1.05 bits per heavy atom. The molecule has 0 aromatic heterocycles. The van der Waals surface area contributed by atoms with Crippen molar-refractivity contribution < 1.29 is 22.6 Å². The average molecular weight is 362 g/mol. The highest BCUT2D eigenvalue weighted by molar-refractivity contribution is 9.10. The van der Waals surface area contributed by atoms with E-state index in [1.807, 2.05) is 0 Å². The number of hydrogen-bond acceptors (Lipinski definition) is 3. The molecular formula is C14H11BrF3NO2. The molecule has 0 aliphatic heterocycles. The molecule has 0 unspecified atom stereocenters. The van der Waals surface area contributed by atoms with E-state index in [-0.39, 0.29) is 17.2 Å². The third-order valence-corrected chi connectivity index (χ3v) is 3.17. The van der Waals surface area contributed by atoms with E-state index < -0.39 is 11.7 Å². The Kier molecular flexibility index (Phi) is 4.32. The van der Waals surface area contributed by atoms with E-state index in [0.717, 1.165) is 6.07 Å². The molecule has 0 spiro atoms. The second-order valence-electron chi connectivity index (χ2n) is 4.14. The fraction of sp³-hybridized carbons (Fsp3) is 0.143. The van der Waals surface area contributed by atoms with Crippen molar-refractivity contribution in [1.82, 2.24) is 0 Å². The molecular weight excluding hydrogens is 351 g/mol. The first-order chi connectivity index (χ1) is 9.81. The van der Waals surface area contributed by atoms with Crippen LogP contribution in [0.2, 0.25) is 0 Å². The summed E-state index contributed by atoms with van der Waals surface area (Å²) in [6.07, 6.45) is -4.51. The van der Waals surface area contributed by atoms with Gasteiger partial charge in [-0.1, -0.05) is 15.9 Å². The molecule has 0 saturated heterocycles. The largest absolute Gasteiger partial charge is 0.495 e. The lowest BCUT2D eigenvalue weighted by atomic mass is 10.2. The van der Waals surface area contributed by atoms with Gasteiger partial charge >= 0.3 is 6.18 Å². The maximum absolute atomic E-state index is 12.9. The highest BCUT2D eigenvalue weighted by Gasteiger charge is 2.34. The van der Waals surface area contributed by atoms with Crippen LogP contribution in [-0.2, 0) is 6.18 Å². The molecule has 21 heavy (non-hydrogen) atoms. The smallest absolute Gasteiger partial charge is 0.419 e. The molecule has 2 aromatic rings. The van der Waals surface area contributed by atoms with Crippen molar-refractivity contribution in [2.24, 2.45) is 0 Å². The van der Waals surface area contributed by atoms with Gasteiger partial charge in [-0.25, -0.2) is 0 Å². The Hall–Kier alpha value is -1.89. The summed E-state index contributed by atoms with van der Waals surface area (Å²) in [6.45, 7) is 0. The second-order valence-corrected chi connectivity index (χ2v) is 5.06. The first-order valence-corrected chi connectivity index (χ1v) is 6.58. The Balaban J connectivity index is 2.39. The average Bonchev–Trinajstić information content (AvgIpc) is 2.37. The number of benzene rings is 2. The Morgan fingerprint density at radius 3 is 2.33 bits per heavy atom. The second kappa shape index (κ2) is 5.85. The van der Waals surface area contributed by atoms with Gasteiger partial charge < -0.3 is 15.2 Å². The number of methoxy groups -OCH3 is 1. The van der Waals surface area contributed by atoms with E-state index >= 15 is 0 Å². The minimum Gasteiger partial charge on any atom is -0.495 e. The summed E-state index contributed by atoms with van der Waals surface area (Å²) in [4.78, 5) is 0. The molecule has 112 valence electrons. The number of alkyl halides is 3. The number of anilines is 1. The lowest BCUT2D eigenvalue weighted by molar-refractivity contribution is -0.138. The fourth-order valence-electron chi connectivity index (χ4n) is 1.72. The molecule has 0 amide bonds. The van der Waals surface area contributed by atoms with Gasteiger partial charge in [-0.2, -0.15) is 13.2 Å². The summed E-state index contributed by atoms with van der Waals surface area (Å²) in [5.41, 5.74) is 5.12. The predicted octanol–water partition coefficient (Wildman–Crippen LogP) is 4.85. The van der Waals surface area contributed by atoms with Crippen LogP contribution in [-0.4, -0.2) is 7.11 Å². The van der Waals surface area contributed by atoms with Gasteiger partial charge in [-0.05, 0) is 30.3 Å². The molecule has 0 bridgehead atoms. The van der Waals surface area contributed by atoms with E-state index in [9.17, 15) is 13.2 Å². The summed E-state index contributed by atoms with van der Waals surface area (Å²) < 4.78 is 49.6. The molecule has 0 heterocycles. The van der Waals surface area contributed by atoms with Crippen molar-refractivity contribution in [2.45, 2.75) is 6.18 Å². The standard InChI is InChI=1S/C14H11BrF3NO2/c1-20-12-5-3-9(7-11(12)19)21-13-6-8(15)2-4-10(13)14(16,17)18/h2-7H,19H2,1H3. The molecule has 2 aromatic carbocycles. The topological polar surface area (TPSA) is 44.5 Å². The third kappa shape index (κ3) is 3.60. The normalized spacial score (nSPS) is 11.3. The Bertz CT molecular complexity index is 659. The van der Waals surface area contributed by atoms with Gasteiger partial charge in [0.2, 0.25) is 0 Å². The van der Waals surface area contributed by atoms with Gasteiger partial charge in [0, 0.05) is 10.5 Å². The number of nitrogens with two attached hydrogens (primary N) is 1. The van der Waals surface area contributed by atoms with Gasteiger partial charge in [0.05, 0.1) is 18.4 Å². The minimum atomic E-state index is -4.51. The van der Waals surface area contributed by atoms with Crippen molar-refractivity contribution in [1.29, 1.82) is 0 Å². The van der Waals surface area contributed by atoms with Crippen LogP contribution >= 0.6 is 15.9 Å². The molecule has 2 rings (SSSR count). The van der Waals surface area contributed by atoms with Crippen LogP contribution < -0.4 is 15.2 Å². The summed E-state index contributed by atoms with van der Waals surface area (Å²) in [5, 5.41) is 0. The lowest BCUT2D eigenvalue weighted by Gasteiger charge is -2.15. The highest BCUT2D eigenvalue weighted by atomic mass is 79.9. The molecule has 7 heteroatoms. The maximum Gasteiger partial charge on any atom is 0.419 e. The summed E-state index contributed by atoms with van der Waals surface area (Å²) in [6, 6.07) is 7.92. The van der Waals surface area contributed by atoms with Crippen LogP contribution in [0.4, 0.5) is 18.9 Å². The highest BCUT2D eigenvalue weighted by Crippen LogP contribution is 2.40. The van der Waals surface area contributed by atoms with Crippen LogP contribution in [0.1, 0.15) is 5.56 Å². The minimum absolute atomic E-state index is 0.192. The van der Waals surface area contributed by atoms with Gasteiger partial charge in [0.25, 0.3) is 0 Å². The van der Waals surface area contributed by atoms with Crippen LogP contribution in [0, 0.1) is 0 Å². The first kappa shape index (κ1) is 15.5. The molecule has 0 aliphatic rings. The number of nitrogen functional groups attached to an aromatic ring is 1. The van der Waals surface area contributed by atoms with Gasteiger partial charge in [0.15, 0.2) is 0 Å². The van der Waals surface area contributed by atoms with E-state index in [2.05, 4.69) is 15.9 Å². The molecule has 3 nitrogen and oxygen atoms in total. The van der Waals surface area contributed by atoms with Crippen molar-refractivity contribution in [2.75, 3.05) is 12.8 Å². The van der Waals surface area contributed by atoms with E-state index in [1.54, 1.807) is 0 Å². The molecule has 0 fully saturated rings. The third-order valence-electron chi connectivity index (χ3n) is 2.68. The molecule has 2 N–H and O–H groups in total. The van der Waals surface area contributed by atoms with Gasteiger partial charge in [0.1, 0.15) is 17.2 Å². The zero-order chi connectivity index (χ0) is 15.6. The molecule has 0 radical (unpaired) electrons. The number of halogens is 4. The molecule has 0 aliphatic carbocycles. The molecule has 0 atom stereocenters. The van der Waals surface area contributed by atoms with E-state index in [1.165, 1.54) is 37.4 Å². The SMILES string of the molecule is COc1ccc(Oc2cc(Br)ccc2C(F)(F)F)cc1N. The van der Waals surface area contributed by atoms with Crippen molar-refractivity contribution in [3.8, 4) is 17.2 Å². The maximum atomic E-state index is 12.9. The van der Waals surface area contributed by atoms with Crippen molar-refractivity contribution >= 4 is 21.6 Å². The molecule has 0 saturated carbocycles. The Labute approximate surface area is 127 Å². The summed E-state index contributed by atoms with van der Waals surface area (Å²) >= 11 is 3.12. The van der Waals surface area contributed by atoms with Crippen LogP contribution in [0.5, 0.6) is 17.2 Å². The van der Waals surface area contributed by atoms with Crippen LogP contribution in [0.3, 0.4) is 0 Å². The van der Waals surface area contributed by atoms with E-state index in [0.29, 0.717) is 10.2 Å². The number of rotatable bonds is 3. The fourth-order valence-corrected chi connectivity index (χ4v) is 2.06. The quantitative estimate of drug-likeness (QED) is 0.794. The number of ether oxygens (including phenoxy) is 2. The van der Waals surface area contributed by atoms with Gasteiger partial charge in [-0.15, -0.1) is 0 Å². The Morgan fingerprint density at radius 2 is 1.76 bits per heavy atom. The summed E-state index contributed by atoms with van der Waals surface area (Å²) in [5.74, 6) is 0.311. The van der Waals surface area contributed by atoms with Crippen molar-refractivity contribution in [3.05, 3.63) is 46.4 Å². The van der Waals surface area contributed by atoms with Gasteiger partial charge in [-0.3, -0.25) is 0 Å². The monoisotopic (exact) mass is 361 g/mol. The van der Waals surface area contributed by atoms with Crippen molar-refractivity contribution in [3.63, 3.8) is 0 Å². The van der Waals surface area contributed by atoms with Crippen LogP contribution in [0.15, 0.2) is 40.9 Å². The number of hydrogen-bond donors (Lipinski definition) is 1. The lowest BCUT2D eigenvalue weighted by Crippen LogP contribution is -2.07. The zero-order valence-corrected chi connectivity index (χ0v) is 12.5. The zero-order valence-electron chi connectivity index (χ0n) is 10.9. The van der Waals surface area contributed by atoms with Crippen LogP contribution in [0.25, 0.3) is 0 Å².